The van der Waals surface area contributed by atoms with Gasteiger partial charge in [-0.15, -0.1) is 0 Å². The van der Waals surface area contributed by atoms with Crippen molar-refractivity contribution in [1.29, 1.82) is 0 Å². The Labute approximate surface area is 86.9 Å². The lowest BCUT2D eigenvalue weighted by atomic mass is 10.3. The van der Waals surface area contributed by atoms with E-state index in [-0.39, 0.29) is 5.56 Å². The second-order valence-corrected chi connectivity index (χ2v) is 3.66. The van der Waals surface area contributed by atoms with Crippen LogP contribution in [0.25, 0.3) is 5.52 Å². The average Bonchev–Trinajstić information content (AvgIpc) is 2.56. The highest BCUT2D eigenvalue weighted by Crippen LogP contribution is 2.19. The van der Waals surface area contributed by atoms with Crippen LogP contribution in [0.3, 0.4) is 0 Å². The van der Waals surface area contributed by atoms with Crippen LogP contribution in [0.5, 0.6) is 0 Å². The van der Waals surface area contributed by atoms with Crippen molar-refractivity contribution < 1.29 is 14.3 Å². The van der Waals surface area contributed by atoms with Crippen molar-refractivity contribution in [1.82, 2.24) is 4.40 Å². The lowest BCUT2D eigenvalue weighted by Gasteiger charge is -1.97. The van der Waals surface area contributed by atoms with E-state index in [1.54, 1.807) is 6.07 Å². The van der Waals surface area contributed by atoms with E-state index in [0.717, 1.165) is 0 Å². The van der Waals surface area contributed by atoms with Crippen molar-refractivity contribution in [3.63, 3.8) is 0 Å². The Morgan fingerprint density at radius 2 is 2.21 bits per heavy atom. The number of carboxylic acids is 1. The molecule has 0 aliphatic carbocycles. The third kappa shape index (κ3) is 1.29. The first kappa shape index (κ1) is 9.21. The Bertz CT molecular complexity index is 521. The number of hydrogen-bond acceptors (Lipinski definition) is 1. The van der Waals surface area contributed by atoms with E-state index in [4.69, 9.17) is 5.11 Å². The summed E-state index contributed by atoms with van der Waals surface area (Å²) in [4.78, 5) is 10.6. The fourth-order valence-electron chi connectivity index (χ4n) is 1.24. The molecule has 72 valence electrons. The van der Waals surface area contributed by atoms with Crippen molar-refractivity contribution in [2.75, 3.05) is 0 Å². The molecule has 0 radical (unpaired) electrons. The molecule has 0 amide bonds. The molecule has 2 aromatic rings. The maximum absolute atomic E-state index is 13.4. The standard InChI is InChI=1S/C9H5BrFNO2/c10-7-2-1-6-3-5(9(13)14)4-12(6)8(7)11/h1-4H,(H,13,14). The first-order chi connectivity index (χ1) is 6.59. The second kappa shape index (κ2) is 3.09. The average molecular weight is 258 g/mol. The molecule has 14 heavy (non-hydrogen) atoms. The Hall–Kier alpha value is -1.36. The van der Waals surface area contributed by atoms with Crippen molar-refractivity contribution in [3.05, 3.63) is 40.4 Å². The zero-order chi connectivity index (χ0) is 10.3. The molecule has 0 bridgehead atoms. The highest BCUT2D eigenvalue weighted by Gasteiger charge is 2.10. The van der Waals surface area contributed by atoms with Gasteiger partial charge in [0.15, 0.2) is 0 Å². The summed E-state index contributed by atoms with van der Waals surface area (Å²) in [5, 5.41) is 8.70. The third-order valence-corrected chi connectivity index (χ3v) is 2.50. The summed E-state index contributed by atoms with van der Waals surface area (Å²) in [5.41, 5.74) is 0.588. The summed E-state index contributed by atoms with van der Waals surface area (Å²) in [5.74, 6) is -1.57. The molecule has 0 aromatic carbocycles. The first-order valence-electron chi connectivity index (χ1n) is 3.79. The molecule has 0 atom stereocenters. The predicted molar refractivity (Wildman–Crippen MR) is 52.0 cm³/mol. The van der Waals surface area contributed by atoms with Crippen molar-refractivity contribution >= 4 is 27.4 Å². The topological polar surface area (TPSA) is 41.7 Å². The van der Waals surface area contributed by atoms with Gasteiger partial charge >= 0.3 is 5.97 Å². The van der Waals surface area contributed by atoms with Gasteiger partial charge in [0.1, 0.15) is 0 Å². The number of rotatable bonds is 1. The number of pyridine rings is 1. The van der Waals surface area contributed by atoms with E-state index < -0.39 is 11.9 Å². The van der Waals surface area contributed by atoms with Crippen molar-refractivity contribution in [2.45, 2.75) is 0 Å². The molecular formula is C9H5BrFNO2. The summed E-state index contributed by atoms with van der Waals surface area (Å²) >= 11 is 3.02. The van der Waals surface area contributed by atoms with Crippen LogP contribution < -0.4 is 0 Å². The molecule has 0 fully saturated rings. The number of carbonyl (C=O) groups is 1. The van der Waals surface area contributed by atoms with Gasteiger partial charge in [-0.1, -0.05) is 0 Å². The molecule has 2 aromatic heterocycles. The minimum atomic E-state index is -1.07. The van der Waals surface area contributed by atoms with Crippen molar-refractivity contribution in [2.24, 2.45) is 0 Å². The Morgan fingerprint density at radius 3 is 2.86 bits per heavy atom. The SMILES string of the molecule is O=C(O)c1cc2ccc(Br)c(F)n2c1. The number of aromatic nitrogens is 1. The summed E-state index contributed by atoms with van der Waals surface area (Å²) < 4.78 is 14.9. The van der Waals surface area contributed by atoms with E-state index in [9.17, 15) is 9.18 Å². The van der Waals surface area contributed by atoms with E-state index in [0.29, 0.717) is 9.99 Å². The molecule has 1 N–H and O–H groups in total. The molecule has 0 unspecified atom stereocenters. The van der Waals surface area contributed by atoms with E-state index in [1.807, 2.05) is 0 Å². The van der Waals surface area contributed by atoms with Crippen LogP contribution in [-0.2, 0) is 0 Å². The van der Waals surface area contributed by atoms with Gasteiger partial charge in [-0.25, -0.2) is 4.79 Å². The minimum Gasteiger partial charge on any atom is -0.478 e. The zero-order valence-electron chi connectivity index (χ0n) is 6.87. The molecule has 2 heterocycles. The molecule has 2 rings (SSSR count). The number of nitrogens with zero attached hydrogens (tertiary/aromatic N) is 1. The Morgan fingerprint density at radius 1 is 1.50 bits per heavy atom. The Kier molecular flexibility index (Phi) is 2.03. The molecule has 0 aliphatic rings. The summed E-state index contributed by atoms with van der Waals surface area (Å²) in [6.45, 7) is 0. The van der Waals surface area contributed by atoms with Crippen LogP contribution in [0.2, 0.25) is 0 Å². The minimum absolute atomic E-state index is 0.0713. The van der Waals surface area contributed by atoms with Gasteiger partial charge in [0.25, 0.3) is 0 Å². The normalized spacial score (nSPS) is 10.7. The van der Waals surface area contributed by atoms with Crippen LogP contribution >= 0.6 is 15.9 Å². The molecule has 3 nitrogen and oxygen atoms in total. The van der Waals surface area contributed by atoms with Gasteiger partial charge in [0.2, 0.25) is 5.95 Å². The van der Waals surface area contributed by atoms with Gasteiger partial charge < -0.3 is 5.11 Å². The van der Waals surface area contributed by atoms with E-state index >= 15 is 0 Å². The van der Waals surface area contributed by atoms with Crippen LogP contribution in [0.4, 0.5) is 4.39 Å². The van der Waals surface area contributed by atoms with Gasteiger partial charge in [-0.2, -0.15) is 4.39 Å². The number of halogens is 2. The largest absolute Gasteiger partial charge is 0.478 e. The van der Waals surface area contributed by atoms with E-state index in [1.165, 1.54) is 22.7 Å². The van der Waals surface area contributed by atoms with Gasteiger partial charge in [0.05, 0.1) is 10.0 Å². The third-order valence-electron chi connectivity index (χ3n) is 1.91. The summed E-state index contributed by atoms with van der Waals surface area (Å²) in [6, 6.07) is 4.59. The summed E-state index contributed by atoms with van der Waals surface area (Å²) in [7, 11) is 0. The number of carboxylic acid groups (broad SMARTS) is 1. The lowest BCUT2D eigenvalue weighted by Crippen LogP contribution is -1.94. The monoisotopic (exact) mass is 257 g/mol. The number of hydrogen-bond donors (Lipinski definition) is 1. The zero-order valence-corrected chi connectivity index (χ0v) is 8.45. The molecular weight excluding hydrogens is 253 g/mol. The highest BCUT2D eigenvalue weighted by molar-refractivity contribution is 9.10. The Balaban J connectivity index is 2.77. The summed E-state index contributed by atoms with van der Waals surface area (Å²) in [6.07, 6.45) is 1.25. The smallest absolute Gasteiger partial charge is 0.337 e. The fraction of sp³-hybridized carbons (Fsp3) is 0. The van der Waals surface area contributed by atoms with Gasteiger partial charge in [-0.3, -0.25) is 4.40 Å². The highest BCUT2D eigenvalue weighted by atomic mass is 79.9. The van der Waals surface area contributed by atoms with Crippen LogP contribution in [-0.4, -0.2) is 15.5 Å². The van der Waals surface area contributed by atoms with Crippen LogP contribution in [0.1, 0.15) is 10.4 Å². The van der Waals surface area contributed by atoms with Crippen LogP contribution in [0, 0.1) is 5.95 Å². The van der Waals surface area contributed by atoms with Crippen molar-refractivity contribution in [3.8, 4) is 0 Å². The fourth-order valence-corrected chi connectivity index (χ4v) is 1.56. The quantitative estimate of drug-likeness (QED) is 0.798. The molecule has 0 saturated heterocycles. The van der Waals surface area contributed by atoms with Gasteiger partial charge in [-0.05, 0) is 34.1 Å². The van der Waals surface area contributed by atoms with E-state index in [2.05, 4.69) is 15.9 Å². The first-order valence-corrected chi connectivity index (χ1v) is 4.58. The molecule has 0 saturated carbocycles. The number of fused-ring (bicyclic) bond motifs is 1. The number of aromatic carboxylic acids is 1. The molecule has 0 spiro atoms. The maximum atomic E-state index is 13.4. The predicted octanol–water partition coefficient (Wildman–Crippen LogP) is 2.54. The molecule has 5 heteroatoms. The van der Waals surface area contributed by atoms with Gasteiger partial charge in [0, 0.05) is 11.7 Å². The lowest BCUT2D eigenvalue weighted by molar-refractivity contribution is 0.0697. The second-order valence-electron chi connectivity index (χ2n) is 2.80. The van der Waals surface area contributed by atoms with Crippen LogP contribution in [0.15, 0.2) is 28.9 Å². The molecule has 0 aliphatic heterocycles. The maximum Gasteiger partial charge on any atom is 0.337 e.